The first-order valence-corrected chi connectivity index (χ1v) is 41.9. The summed E-state index contributed by atoms with van der Waals surface area (Å²) < 4.78 is 68.3. The van der Waals surface area contributed by atoms with Crippen LogP contribution < -0.4 is 0 Å². The van der Waals surface area contributed by atoms with Gasteiger partial charge in [0.1, 0.15) is 19.3 Å². The van der Waals surface area contributed by atoms with Gasteiger partial charge in [-0.3, -0.25) is 37.3 Å². The number of esters is 4. The van der Waals surface area contributed by atoms with E-state index in [1.807, 2.05) is 0 Å². The van der Waals surface area contributed by atoms with Crippen molar-refractivity contribution in [3.63, 3.8) is 0 Å². The number of hydrogen-bond donors (Lipinski definition) is 3. The van der Waals surface area contributed by atoms with E-state index in [2.05, 4.69) is 48.5 Å². The largest absolute Gasteiger partial charge is 0.472 e. The number of ether oxygens (including phenoxy) is 4. The molecule has 0 heterocycles. The van der Waals surface area contributed by atoms with Gasteiger partial charge in [0.25, 0.3) is 0 Å². The van der Waals surface area contributed by atoms with Crippen molar-refractivity contribution in [1.29, 1.82) is 0 Å². The zero-order chi connectivity index (χ0) is 69.4. The van der Waals surface area contributed by atoms with Gasteiger partial charge in [0.15, 0.2) is 12.2 Å². The summed E-state index contributed by atoms with van der Waals surface area (Å²) in [6.45, 7) is 11.9. The Morgan fingerprint density at radius 1 is 0.309 bits per heavy atom. The van der Waals surface area contributed by atoms with Gasteiger partial charge in [-0.2, -0.15) is 0 Å². The summed E-state index contributed by atoms with van der Waals surface area (Å²) in [7, 11) is -9.90. The predicted octanol–water partition coefficient (Wildman–Crippen LogP) is 21.8. The van der Waals surface area contributed by atoms with Gasteiger partial charge in [0.2, 0.25) is 0 Å². The number of rotatable bonds is 73. The molecular formula is C75H146O17P2. The molecule has 0 radical (unpaired) electrons. The summed E-state index contributed by atoms with van der Waals surface area (Å²) in [5.41, 5.74) is 0. The van der Waals surface area contributed by atoms with Gasteiger partial charge in [-0.05, 0) is 43.4 Å². The Hall–Kier alpha value is -1.94. The van der Waals surface area contributed by atoms with Crippen molar-refractivity contribution in [2.24, 2.45) is 17.8 Å². The first-order chi connectivity index (χ1) is 45.3. The van der Waals surface area contributed by atoms with E-state index in [1.54, 1.807) is 0 Å². The fourth-order valence-electron chi connectivity index (χ4n) is 11.4. The van der Waals surface area contributed by atoms with Crippen molar-refractivity contribution in [1.82, 2.24) is 0 Å². The van der Waals surface area contributed by atoms with E-state index in [4.69, 9.17) is 37.0 Å². The van der Waals surface area contributed by atoms with Crippen LogP contribution in [0, 0.1) is 17.8 Å². The molecular weight excluding hydrogens is 1230 g/mol. The van der Waals surface area contributed by atoms with Gasteiger partial charge in [-0.25, -0.2) is 9.13 Å². The monoisotopic (exact) mass is 1380 g/mol. The lowest BCUT2D eigenvalue weighted by Crippen LogP contribution is -2.30. The van der Waals surface area contributed by atoms with Crippen LogP contribution in [0.3, 0.4) is 0 Å². The molecule has 0 saturated carbocycles. The number of hydrogen-bond acceptors (Lipinski definition) is 15. The van der Waals surface area contributed by atoms with Gasteiger partial charge in [0.05, 0.1) is 26.4 Å². The lowest BCUT2D eigenvalue weighted by Gasteiger charge is -2.21. The first-order valence-electron chi connectivity index (χ1n) is 38.9. The molecule has 6 atom stereocenters. The first kappa shape index (κ1) is 92.1. The van der Waals surface area contributed by atoms with Crippen LogP contribution in [0.15, 0.2) is 0 Å². The molecule has 0 aliphatic carbocycles. The Balaban J connectivity index is 5.15. The van der Waals surface area contributed by atoms with Crippen LogP contribution in [0.25, 0.3) is 0 Å². The number of aliphatic hydroxyl groups excluding tert-OH is 1. The van der Waals surface area contributed by atoms with Gasteiger partial charge >= 0.3 is 39.5 Å². The summed E-state index contributed by atoms with van der Waals surface area (Å²) in [4.78, 5) is 72.5. The maximum atomic E-state index is 13.1. The molecule has 0 saturated heterocycles. The Bertz CT molecular complexity index is 1840. The number of unbranched alkanes of at least 4 members (excludes halogenated alkanes) is 40. The second kappa shape index (κ2) is 65.7. The van der Waals surface area contributed by atoms with E-state index in [1.165, 1.54) is 186 Å². The van der Waals surface area contributed by atoms with Crippen molar-refractivity contribution in [2.45, 2.75) is 401 Å². The molecule has 0 aliphatic heterocycles. The summed E-state index contributed by atoms with van der Waals surface area (Å²) in [5, 5.41) is 10.6. The smallest absolute Gasteiger partial charge is 0.462 e. The van der Waals surface area contributed by atoms with Crippen LogP contribution >= 0.6 is 15.6 Å². The predicted molar refractivity (Wildman–Crippen MR) is 381 cm³/mol. The second-order valence-electron chi connectivity index (χ2n) is 28.2. The Labute approximate surface area is 575 Å². The molecule has 3 unspecified atom stereocenters. The minimum absolute atomic E-state index is 0.105. The average Bonchev–Trinajstić information content (AvgIpc) is 1.27. The lowest BCUT2D eigenvalue weighted by atomic mass is 9.99. The van der Waals surface area contributed by atoms with E-state index in [-0.39, 0.29) is 25.7 Å². The third-order valence-corrected chi connectivity index (χ3v) is 19.6. The van der Waals surface area contributed by atoms with Gasteiger partial charge < -0.3 is 33.8 Å². The molecule has 0 spiro atoms. The van der Waals surface area contributed by atoms with Crippen molar-refractivity contribution in [3.8, 4) is 0 Å². The van der Waals surface area contributed by atoms with E-state index >= 15 is 0 Å². The Morgan fingerprint density at radius 3 is 0.809 bits per heavy atom. The summed E-state index contributed by atoms with van der Waals surface area (Å²) >= 11 is 0. The van der Waals surface area contributed by atoms with Crippen molar-refractivity contribution in [3.05, 3.63) is 0 Å². The molecule has 17 nitrogen and oxygen atoms in total. The van der Waals surface area contributed by atoms with Crippen molar-refractivity contribution >= 4 is 39.5 Å². The molecule has 0 aromatic carbocycles. The van der Waals surface area contributed by atoms with E-state index in [9.17, 15) is 43.2 Å². The SMILES string of the molecule is CCCCCCCC(=O)OC[C@H](COP(=O)(O)OC[C@H](O)COP(=O)(O)OC[C@@H](COC(=O)CCCCCCCCCCCCCCCCC(C)C)OC(=O)CCCCCCCCCCCCCCCCCC(C)C)OC(=O)CCCCCCCCCCCCC(C)CC. The minimum Gasteiger partial charge on any atom is -0.462 e. The van der Waals surface area contributed by atoms with Crippen LogP contribution in [0.5, 0.6) is 0 Å². The molecule has 3 N–H and O–H groups in total. The van der Waals surface area contributed by atoms with Crippen LogP contribution in [0.4, 0.5) is 0 Å². The summed E-state index contributed by atoms with van der Waals surface area (Å²) in [6.07, 6.45) is 51.7. The minimum atomic E-state index is -4.96. The maximum Gasteiger partial charge on any atom is 0.472 e. The Morgan fingerprint density at radius 2 is 0.543 bits per heavy atom. The fraction of sp³-hybridized carbons (Fsp3) is 0.947. The third kappa shape index (κ3) is 67.3. The number of aliphatic hydroxyl groups is 1. The average molecular weight is 1380 g/mol. The number of phosphoric ester groups is 2. The topological polar surface area (TPSA) is 237 Å². The maximum absolute atomic E-state index is 13.1. The molecule has 0 aromatic heterocycles. The molecule has 0 aliphatic rings. The summed E-state index contributed by atoms with van der Waals surface area (Å²) in [5.74, 6) is 0.276. The zero-order valence-electron chi connectivity index (χ0n) is 61.4. The zero-order valence-corrected chi connectivity index (χ0v) is 63.2. The van der Waals surface area contributed by atoms with Gasteiger partial charge in [0, 0.05) is 25.7 Å². The second-order valence-corrected chi connectivity index (χ2v) is 31.1. The standard InChI is InChI=1S/C75H146O17P2/c1-8-10-11-39-49-56-72(77)85-62-70(91-74(79)59-52-45-38-32-26-25-29-35-42-48-55-68(7)9-2)64-89-93(81,82)87-60-69(76)61-88-94(83,84)90-65-71(63-86-73(78)57-50-43-36-30-23-19-16-15-18-22-28-34-41-47-54-67(5)6)92-75(80)58-51-44-37-31-24-20-14-12-13-17-21-27-33-40-46-53-66(3)4/h66-71,76H,8-65H2,1-7H3,(H,81,82)(H,83,84)/t68?,69-,70+,71+/m0/s1. The molecule has 94 heavy (non-hydrogen) atoms. The number of phosphoric acid groups is 2. The van der Waals surface area contributed by atoms with Crippen LogP contribution in [-0.2, 0) is 65.4 Å². The van der Waals surface area contributed by atoms with Crippen LogP contribution in [-0.4, -0.2) is 96.7 Å². The van der Waals surface area contributed by atoms with Gasteiger partial charge in [-0.15, -0.1) is 0 Å². The highest BCUT2D eigenvalue weighted by atomic mass is 31.2. The van der Waals surface area contributed by atoms with Crippen LogP contribution in [0.2, 0.25) is 0 Å². The van der Waals surface area contributed by atoms with Crippen molar-refractivity contribution < 1.29 is 80.2 Å². The third-order valence-electron chi connectivity index (χ3n) is 17.7. The number of carbonyl (C=O) groups excluding carboxylic acids is 4. The highest BCUT2D eigenvalue weighted by molar-refractivity contribution is 7.47. The lowest BCUT2D eigenvalue weighted by molar-refractivity contribution is -0.161. The molecule has 0 bridgehead atoms. The molecule has 0 amide bonds. The van der Waals surface area contributed by atoms with Crippen molar-refractivity contribution in [2.75, 3.05) is 39.6 Å². The van der Waals surface area contributed by atoms with E-state index in [0.717, 1.165) is 114 Å². The van der Waals surface area contributed by atoms with E-state index in [0.29, 0.717) is 25.7 Å². The molecule has 0 aromatic rings. The number of carbonyl (C=O) groups is 4. The normalized spacial score (nSPS) is 14.4. The molecule has 0 rings (SSSR count). The summed E-state index contributed by atoms with van der Waals surface area (Å²) in [6, 6.07) is 0. The Kier molecular flexibility index (Phi) is 64.3. The van der Waals surface area contributed by atoms with Crippen LogP contribution in [0.1, 0.15) is 382 Å². The van der Waals surface area contributed by atoms with Gasteiger partial charge in [-0.1, -0.05) is 331 Å². The fourth-order valence-corrected chi connectivity index (χ4v) is 13.0. The molecule has 558 valence electrons. The highest BCUT2D eigenvalue weighted by Gasteiger charge is 2.30. The quantitative estimate of drug-likeness (QED) is 0.0222. The molecule has 19 heteroatoms. The molecule has 0 fully saturated rings. The van der Waals surface area contributed by atoms with E-state index < -0.39 is 97.5 Å². The highest BCUT2D eigenvalue weighted by Crippen LogP contribution is 2.45.